The molecule has 0 saturated carbocycles. The van der Waals surface area contributed by atoms with Gasteiger partial charge in [-0.25, -0.2) is 0 Å². The van der Waals surface area contributed by atoms with Gasteiger partial charge in [-0.05, 0) is 19.5 Å². The van der Waals surface area contributed by atoms with Gasteiger partial charge >= 0.3 is 0 Å². The summed E-state index contributed by atoms with van der Waals surface area (Å²) in [7, 11) is 1.73. The number of aliphatic hydroxyl groups excluding tert-OH is 1. The van der Waals surface area contributed by atoms with E-state index in [1.54, 1.807) is 7.11 Å². The van der Waals surface area contributed by atoms with Crippen molar-refractivity contribution in [1.29, 1.82) is 0 Å². The average Bonchev–Trinajstić information content (AvgIpc) is 2.27. The molecule has 4 nitrogen and oxygen atoms in total. The summed E-state index contributed by atoms with van der Waals surface area (Å²) in [6, 6.07) is 0.628. The van der Waals surface area contributed by atoms with E-state index in [0.29, 0.717) is 6.04 Å². The molecule has 0 aliphatic carbocycles. The number of nitrogens with zero attached hydrogens (tertiary/aromatic N) is 1. The van der Waals surface area contributed by atoms with Crippen LogP contribution in [0.5, 0.6) is 0 Å². The maximum Gasteiger partial charge on any atom is 0.0589 e. The first-order valence-corrected chi connectivity index (χ1v) is 6.22. The van der Waals surface area contributed by atoms with E-state index in [4.69, 9.17) is 4.74 Å². The summed E-state index contributed by atoms with van der Waals surface area (Å²) in [6.07, 6.45) is 0.978. The first kappa shape index (κ1) is 15.8. The van der Waals surface area contributed by atoms with Crippen LogP contribution in [0.2, 0.25) is 0 Å². The molecule has 16 heavy (non-hydrogen) atoms. The Balaban J connectivity index is 3.78. The molecule has 0 fully saturated rings. The molecule has 0 rings (SSSR count). The maximum atomic E-state index is 9.23. The van der Waals surface area contributed by atoms with Crippen molar-refractivity contribution in [3.05, 3.63) is 0 Å². The third-order valence-electron chi connectivity index (χ3n) is 2.64. The largest absolute Gasteiger partial charge is 0.395 e. The Morgan fingerprint density at radius 1 is 1.31 bits per heavy atom. The summed E-state index contributed by atoms with van der Waals surface area (Å²) in [5, 5.41) is 12.6. The Morgan fingerprint density at radius 3 is 2.44 bits per heavy atom. The van der Waals surface area contributed by atoms with Gasteiger partial charge in [0.25, 0.3) is 0 Å². The number of rotatable bonds is 10. The zero-order valence-corrected chi connectivity index (χ0v) is 11.2. The van der Waals surface area contributed by atoms with E-state index in [2.05, 4.69) is 31.0 Å². The predicted octanol–water partition coefficient (Wildman–Crippen LogP) is 0.704. The number of hydrogen-bond donors (Lipinski definition) is 2. The van der Waals surface area contributed by atoms with Gasteiger partial charge in [0.1, 0.15) is 0 Å². The minimum Gasteiger partial charge on any atom is -0.395 e. The Labute approximate surface area is 100.0 Å². The Hall–Kier alpha value is -0.160. The highest BCUT2D eigenvalue weighted by atomic mass is 16.5. The summed E-state index contributed by atoms with van der Waals surface area (Å²) in [5.74, 6) is 0. The van der Waals surface area contributed by atoms with Crippen LogP contribution >= 0.6 is 0 Å². The number of likely N-dealkylation sites (N-methyl/N-ethyl adjacent to an activating group) is 1. The van der Waals surface area contributed by atoms with Crippen LogP contribution in [0.15, 0.2) is 0 Å². The van der Waals surface area contributed by atoms with Crippen molar-refractivity contribution < 1.29 is 9.84 Å². The van der Waals surface area contributed by atoms with Crippen LogP contribution in [0.25, 0.3) is 0 Å². The summed E-state index contributed by atoms with van der Waals surface area (Å²) in [5.41, 5.74) is 0. The van der Waals surface area contributed by atoms with Gasteiger partial charge in [-0.3, -0.25) is 0 Å². The highest BCUT2D eigenvalue weighted by molar-refractivity contribution is 4.70. The predicted molar refractivity (Wildman–Crippen MR) is 67.8 cm³/mol. The second-order valence-electron chi connectivity index (χ2n) is 4.42. The molecule has 0 aromatic heterocycles. The fourth-order valence-electron chi connectivity index (χ4n) is 1.69. The molecular formula is C12H28N2O2. The van der Waals surface area contributed by atoms with E-state index in [0.717, 1.165) is 32.7 Å². The van der Waals surface area contributed by atoms with Gasteiger partial charge in [0, 0.05) is 25.7 Å². The number of aliphatic hydroxyl groups is 1. The lowest BCUT2D eigenvalue weighted by Gasteiger charge is -2.24. The Kier molecular flexibility index (Phi) is 9.92. The van der Waals surface area contributed by atoms with Gasteiger partial charge < -0.3 is 20.1 Å². The van der Waals surface area contributed by atoms with Crippen molar-refractivity contribution in [2.45, 2.75) is 39.3 Å². The van der Waals surface area contributed by atoms with E-state index in [1.807, 2.05) is 0 Å². The van der Waals surface area contributed by atoms with Gasteiger partial charge in [0.2, 0.25) is 0 Å². The van der Waals surface area contributed by atoms with Crippen LogP contribution in [-0.2, 0) is 4.74 Å². The SMILES string of the molecule is CCN(CCOC)CCC(CO)NC(C)C. The van der Waals surface area contributed by atoms with Crippen molar-refractivity contribution in [2.24, 2.45) is 0 Å². The molecule has 0 aromatic carbocycles. The molecular weight excluding hydrogens is 204 g/mol. The quantitative estimate of drug-likeness (QED) is 0.582. The zero-order valence-electron chi connectivity index (χ0n) is 11.2. The molecule has 0 aromatic rings. The Morgan fingerprint density at radius 2 is 2.00 bits per heavy atom. The van der Waals surface area contributed by atoms with Crippen LogP contribution in [-0.4, -0.2) is 62.0 Å². The van der Waals surface area contributed by atoms with Crippen LogP contribution in [0, 0.1) is 0 Å². The van der Waals surface area contributed by atoms with Gasteiger partial charge in [-0.1, -0.05) is 20.8 Å². The average molecular weight is 232 g/mol. The first-order chi connectivity index (χ1) is 7.63. The van der Waals surface area contributed by atoms with Gasteiger partial charge in [0.15, 0.2) is 0 Å². The molecule has 0 saturated heterocycles. The van der Waals surface area contributed by atoms with Crippen LogP contribution < -0.4 is 5.32 Å². The number of methoxy groups -OCH3 is 1. The molecule has 0 spiro atoms. The smallest absolute Gasteiger partial charge is 0.0589 e. The number of hydrogen-bond acceptors (Lipinski definition) is 4. The lowest BCUT2D eigenvalue weighted by molar-refractivity contribution is 0.142. The molecule has 0 aliphatic heterocycles. The minimum atomic E-state index is 0.205. The van der Waals surface area contributed by atoms with Crippen molar-refractivity contribution in [2.75, 3.05) is 40.0 Å². The van der Waals surface area contributed by atoms with Crippen molar-refractivity contribution >= 4 is 0 Å². The molecule has 4 heteroatoms. The number of nitrogens with one attached hydrogen (secondary N) is 1. The topological polar surface area (TPSA) is 44.7 Å². The van der Waals surface area contributed by atoms with E-state index in [9.17, 15) is 5.11 Å². The normalized spacial score (nSPS) is 13.7. The van der Waals surface area contributed by atoms with Gasteiger partial charge in [-0.15, -0.1) is 0 Å². The first-order valence-electron chi connectivity index (χ1n) is 6.22. The molecule has 0 heterocycles. The summed E-state index contributed by atoms with van der Waals surface area (Å²) in [4.78, 5) is 2.34. The summed E-state index contributed by atoms with van der Waals surface area (Å²) < 4.78 is 5.07. The van der Waals surface area contributed by atoms with Crippen LogP contribution in [0.1, 0.15) is 27.2 Å². The zero-order chi connectivity index (χ0) is 12.4. The summed E-state index contributed by atoms with van der Waals surface area (Å²) in [6.45, 7) is 10.3. The summed E-state index contributed by atoms with van der Waals surface area (Å²) >= 11 is 0. The van der Waals surface area contributed by atoms with E-state index >= 15 is 0 Å². The van der Waals surface area contributed by atoms with E-state index in [1.165, 1.54) is 0 Å². The molecule has 1 atom stereocenters. The number of ether oxygens (including phenoxy) is 1. The van der Waals surface area contributed by atoms with Gasteiger partial charge in [0.05, 0.1) is 13.2 Å². The molecule has 0 bridgehead atoms. The van der Waals surface area contributed by atoms with E-state index in [-0.39, 0.29) is 12.6 Å². The lowest BCUT2D eigenvalue weighted by atomic mass is 10.2. The minimum absolute atomic E-state index is 0.205. The highest BCUT2D eigenvalue weighted by Gasteiger charge is 2.10. The standard InChI is InChI=1S/C12H28N2O2/c1-5-14(8-9-16-4)7-6-12(10-15)13-11(2)3/h11-13,15H,5-10H2,1-4H3. The molecule has 98 valence electrons. The molecule has 0 amide bonds. The van der Waals surface area contributed by atoms with Gasteiger partial charge in [-0.2, -0.15) is 0 Å². The van der Waals surface area contributed by atoms with Crippen molar-refractivity contribution in [1.82, 2.24) is 10.2 Å². The molecule has 2 N–H and O–H groups in total. The molecule has 0 aliphatic rings. The van der Waals surface area contributed by atoms with Crippen molar-refractivity contribution in [3.63, 3.8) is 0 Å². The maximum absolute atomic E-state index is 9.23. The fraction of sp³-hybridized carbons (Fsp3) is 1.00. The third kappa shape index (κ3) is 8.05. The highest BCUT2D eigenvalue weighted by Crippen LogP contribution is 1.98. The Bertz CT molecular complexity index is 154. The van der Waals surface area contributed by atoms with Crippen LogP contribution in [0.4, 0.5) is 0 Å². The monoisotopic (exact) mass is 232 g/mol. The molecule has 0 radical (unpaired) electrons. The second-order valence-corrected chi connectivity index (χ2v) is 4.42. The van der Waals surface area contributed by atoms with Crippen molar-refractivity contribution in [3.8, 4) is 0 Å². The van der Waals surface area contributed by atoms with E-state index < -0.39 is 0 Å². The molecule has 1 unspecified atom stereocenters. The van der Waals surface area contributed by atoms with Crippen LogP contribution in [0.3, 0.4) is 0 Å². The fourth-order valence-corrected chi connectivity index (χ4v) is 1.69. The second kappa shape index (κ2) is 10.0. The lowest BCUT2D eigenvalue weighted by Crippen LogP contribution is -2.40. The third-order valence-corrected chi connectivity index (χ3v) is 2.64.